The van der Waals surface area contributed by atoms with Gasteiger partial charge in [-0.2, -0.15) is 0 Å². The van der Waals surface area contributed by atoms with Gasteiger partial charge in [0, 0.05) is 17.2 Å². The topological polar surface area (TPSA) is 87.7 Å². The van der Waals surface area contributed by atoms with Gasteiger partial charge in [-0.3, -0.25) is 4.79 Å². The molecule has 3 aliphatic rings. The fourth-order valence-corrected chi connectivity index (χ4v) is 4.63. The molecule has 4 rings (SSSR count). The minimum absolute atomic E-state index is 0.0194. The van der Waals surface area contributed by atoms with Gasteiger partial charge in [0.1, 0.15) is 0 Å². The number of amides is 1. The first-order valence-corrected chi connectivity index (χ1v) is 7.58. The maximum absolute atomic E-state index is 12.4. The number of hydrogen-bond donors (Lipinski definition) is 3. The Kier molecular flexibility index (Phi) is 2.71. The second kappa shape index (κ2) is 4.48. The average Bonchev–Trinajstić information content (AvgIpc) is 2.90. The Morgan fingerprint density at radius 3 is 2.57 bits per heavy atom. The Morgan fingerprint density at radius 2 is 1.90 bits per heavy atom. The van der Waals surface area contributed by atoms with E-state index in [4.69, 9.17) is 10.9 Å². The zero-order chi connectivity index (χ0) is 14.6. The first-order chi connectivity index (χ1) is 10.2. The van der Waals surface area contributed by atoms with Crippen molar-refractivity contribution in [2.75, 3.05) is 0 Å². The number of nitrogens with zero attached hydrogens (tertiary/aromatic N) is 1. The molecule has 0 radical (unpaired) electrons. The van der Waals surface area contributed by atoms with Crippen LogP contribution in [0, 0.1) is 23.7 Å². The van der Waals surface area contributed by atoms with E-state index < -0.39 is 0 Å². The van der Waals surface area contributed by atoms with E-state index in [0.29, 0.717) is 17.2 Å². The minimum Gasteiger partial charge on any atom is -0.409 e. The summed E-state index contributed by atoms with van der Waals surface area (Å²) < 4.78 is 0. The highest BCUT2D eigenvalue weighted by molar-refractivity contribution is 6.01. The van der Waals surface area contributed by atoms with Crippen LogP contribution in [0.25, 0.3) is 0 Å². The molecular formula is C16H19N3O2. The van der Waals surface area contributed by atoms with Crippen LogP contribution in [-0.2, 0) is 0 Å². The van der Waals surface area contributed by atoms with Gasteiger partial charge in [0.2, 0.25) is 0 Å². The zero-order valence-corrected chi connectivity index (χ0v) is 11.7. The highest BCUT2D eigenvalue weighted by atomic mass is 16.4. The van der Waals surface area contributed by atoms with E-state index in [1.807, 2.05) is 0 Å². The Labute approximate surface area is 123 Å². The summed E-state index contributed by atoms with van der Waals surface area (Å²) >= 11 is 0. The van der Waals surface area contributed by atoms with Gasteiger partial charge in [0.25, 0.3) is 5.91 Å². The van der Waals surface area contributed by atoms with E-state index in [2.05, 4.69) is 10.5 Å². The van der Waals surface area contributed by atoms with Gasteiger partial charge in [0.15, 0.2) is 5.84 Å². The van der Waals surface area contributed by atoms with E-state index >= 15 is 0 Å². The molecule has 110 valence electrons. The standard InChI is InChI=1S/C16H19N3O2/c17-15(19-21)10-2-1-3-11(7-10)16(20)18-14-12-8-4-5-9(6-8)13(12)14/h1-3,7-9,12-14,21H,4-6H2,(H2,17,19)(H,18,20). The maximum Gasteiger partial charge on any atom is 0.251 e. The molecule has 5 nitrogen and oxygen atoms in total. The van der Waals surface area contributed by atoms with Crippen molar-refractivity contribution >= 4 is 11.7 Å². The van der Waals surface area contributed by atoms with Crippen LogP contribution in [0.2, 0.25) is 0 Å². The summed E-state index contributed by atoms with van der Waals surface area (Å²) in [6, 6.07) is 7.27. The van der Waals surface area contributed by atoms with Crippen molar-refractivity contribution in [1.29, 1.82) is 0 Å². The van der Waals surface area contributed by atoms with Gasteiger partial charge in [0.05, 0.1) is 0 Å². The summed E-state index contributed by atoms with van der Waals surface area (Å²) in [5.74, 6) is 3.09. The van der Waals surface area contributed by atoms with Crippen molar-refractivity contribution < 1.29 is 10.0 Å². The van der Waals surface area contributed by atoms with Gasteiger partial charge >= 0.3 is 0 Å². The molecule has 1 amide bonds. The predicted molar refractivity (Wildman–Crippen MR) is 78.0 cm³/mol. The summed E-state index contributed by atoms with van der Waals surface area (Å²) in [6.07, 6.45) is 4.06. The van der Waals surface area contributed by atoms with Gasteiger partial charge in [-0.15, -0.1) is 0 Å². The lowest BCUT2D eigenvalue weighted by atomic mass is 10.0. The number of carbonyl (C=O) groups is 1. The number of hydrogen-bond acceptors (Lipinski definition) is 3. The lowest BCUT2D eigenvalue weighted by molar-refractivity contribution is 0.0944. The van der Waals surface area contributed by atoms with E-state index in [1.54, 1.807) is 24.3 Å². The van der Waals surface area contributed by atoms with E-state index in [1.165, 1.54) is 19.3 Å². The van der Waals surface area contributed by atoms with E-state index in [-0.39, 0.29) is 11.7 Å². The molecule has 4 atom stereocenters. The first-order valence-electron chi connectivity index (χ1n) is 7.58. The molecule has 1 aromatic carbocycles. The van der Waals surface area contributed by atoms with Crippen LogP contribution in [0.3, 0.4) is 0 Å². The van der Waals surface area contributed by atoms with Crippen LogP contribution in [0.15, 0.2) is 29.4 Å². The Morgan fingerprint density at radius 1 is 1.24 bits per heavy atom. The molecule has 4 unspecified atom stereocenters. The second-order valence-electron chi connectivity index (χ2n) is 6.55. The van der Waals surface area contributed by atoms with E-state index in [9.17, 15) is 4.79 Å². The van der Waals surface area contributed by atoms with Crippen LogP contribution < -0.4 is 11.1 Å². The lowest BCUT2D eigenvalue weighted by Crippen LogP contribution is -2.30. The van der Waals surface area contributed by atoms with Crippen LogP contribution in [0.5, 0.6) is 0 Å². The Bertz CT molecular complexity index is 612. The largest absolute Gasteiger partial charge is 0.409 e. The minimum atomic E-state index is -0.0543. The van der Waals surface area contributed by atoms with Crippen molar-refractivity contribution in [3.8, 4) is 0 Å². The molecule has 0 heterocycles. The van der Waals surface area contributed by atoms with Crippen molar-refractivity contribution in [3.63, 3.8) is 0 Å². The molecular weight excluding hydrogens is 266 g/mol. The number of fused-ring (bicyclic) bond motifs is 5. The van der Waals surface area contributed by atoms with Crippen LogP contribution in [-0.4, -0.2) is 23.0 Å². The smallest absolute Gasteiger partial charge is 0.251 e. The molecule has 0 aliphatic heterocycles. The molecule has 2 bridgehead atoms. The van der Waals surface area contributed by atoms with Gasteiger partial charge < -0.3 is 16.3 Å². The number of benzene rings is 1. The summed E-state index contributed by atoms with van der Waals surface area (Å²) in [5, 5.41) is 14.9. The number of oxime groups is 1. The summed E-state index contributed by atoms with van der Waals surface area (Å²) in [6.45, 7) is 0. The molecule has 3 saturated carbocycles. The number of nitrogens with two attached hydrogens (primary N) is 1. The highest BCUT2D eigenvalue weighted by Crippen LogP contribution is 2.65. The molecule has 0 spiro atoms. The van der Waals surface area contributed by atoms with Crippen LogP contribution in [0.1, 0.15) is 35.2 Å². The average molecular weight is 285 g/mol. The number of carbonyl (C=O) groups excluding carboxylic acids is 1. The molecule has 5 heteroatoms. The predicted octanol–water partition coefficient (Wildman–Crippen LogP) is 1.56. The monoisotopic (exact) mass is 285 g/mol. The quantitative estimate of drug-likeness (QED) is 0.341. The van der Waals surface area contributed by atoms with Crippen LogP contribution >= 0.6 is 0 Å². The summed E-state index contributed by atoms with van der Waals surface area (Å²) in [5.41, 5.74) is 6.69. The summed E-state index contributed by atoms with van der Waals surface area (Å²) in [7, 11) is 0. The van der Waals surface area contributed by atoms with E-state index in [0.717, 1.165) is 23.7 Å². The van der Waals surface area contributed by atoms with Crippen molar-refractivity contribution in [2.24, 2.45) is 34.6 Å². The normalized spacial score (nSPS) is 36.4. The second-order valence-corrected chi connectivity index (χ2v) is 6.55. The van der Waals surface area contributed by atoms with Crippen LogP contribution in [0.4, 0.5) is 0 Å². The number of rotatable bonds is 3. The number of amidine groups is 1. The van der Waals surface area contributed by atoms with Crippen molar-refractivity contribution in [1.82, 2.24) is 5.32 Å². The molecule has 1 aromatic rings. The third-order valence-corrected chi connectivity index (χ3v) is 5.56. The fourth-order valence-electron chi connectivity index (χ4n) is 4.63. The van der Waals surface area contributed by atoms with Crippen molar-refractivity contribution in [2.45, 2.75) is 25.3 Å². The number of nitrogens with one attached hydrogen (secondary N) is 1. The molecule has 0 saturated heterocycles. The summed E-state index contributed by atoms with van der Waals surface area (Å²) in [4.78, 5) is 12.4. The Hall–Kier alpha value is -2.04. The van der Waals surface area contributed by atoms with Gasteiger partial charge in [-0.05, 0) is 55.1 Å². The highest BCUT2D eigenvalue weighted by Gasteiger charge is 2.65. The molecule has 4 N–H and O–H groups in total. The molecule has 21 heavy (non-hydrogen) atoms. The maximum atomic E-state index is 12.4. The van der Waals surface area contributed by atoms with Gasteiger partial charge in [-0.25, -0.2) is 0 Å². The molecule has 3 fully saturated rings. The zero-order valence-electron chi connectivity index (χ0n) is 11.7. The van der Waals surface area contributed by atoms with Crippen molar-refractivity contribution in [3.05, 3.63) is 35.4 Å². The fraction of sp³-hybridized carbons (Fsp3) is 0.500. The third-order valence-electron chi connectivity index (χ3n) is 5.56. The SMILES string of the molecule is N/C(=N/O)c1cccc(C(=O)NC2C3C4CCC(C4)C23)c1. The lowest BCUT2D eigenvalue weighted by Gasteiger charge is -2.11. The molecule has 3 aliphatic carbocycles. The van der Waals surface area contributed by atoms with Gasteiger partial charge in [-0.1, -0.05) is 17.3 Å². The third kappa shape index (κ3) is 1.91. The first kappa shape index (κ1) is 12.7. The Balaban J connectivity index is 1.47. The molecule has 0 aromatic heterocycles.